The van der Waals surface area contributed by atoms with Crippen LogP contribution < -0.4 is 4.74 Å². The first-order valence-corrected chi connectivity index (χ1v) is 7.48. The molecule has 116 valence electrons. The molecule has 0 spiro atoms. The molecule has 0 fully saturated rings. The molecular formula is C18H24F2O. The fourth-order valence-corrected chi connectivity index (χ4v) is 2.23. The van der Waals surface area contributed by atoms with Crippen molar-refractivity contribution in [3.63, 3.8) is 0 Å². The van der Waals surface area contributed by atoms with Crippen molar-refractivity contribution < 1.29 is 13.5 Å². The Morgan fingerprint density at radius 3 is 2.24 bits per heavy atom. The average molecular weight is 294 g/mol. The third-order valence-electron chi connectivity index (χ3n) is 3.36. The normalized spacial score (nSPS) is 11.4. The second kappa shape index (κ2) is 9.32. The highest BCUT2D eigenvalue weighted by Crippen LogP contribution is 2.30. The Morgan fingerprint density at radius 1 is 1.10 bits per heavy atom. The first kappa shape index (κ1) is 17.4. The molecule has 1 rings (SSSR count). The Labute approximate surface area is 126 Å². The van der Waals surface area contributed by atoms with Crippen LogP contribution in [0.4, 0.5) is 8.78 Å². The zero-order valence-electron chi connectivity index (χ0n) is 13.1. The number of unbranched alkanes of at least 4 members (excludes halogenated alkanes) is 1. The molecule has 0 N–H and O–H groups in total. The van der Waals surface area contributed by atoms with Crippen molar-refractivity contribution in [1.82, 2.24) is 0 Å². The number of methoxy groups -OCH3 is 1. The van der Waals surface area contributed by atoms with E-state index in [4.69, 9.17) is 4.74 Å². The van der Waals surface area contributed by atoms with Gasteiger partial charge >= 0.3 is 0 Å². The van der Waals surface area contributed by atoms with Gasteiger partial charge in [-0.1, -0.05) is 50.5 Å². The topological polar surface area (TPSA) is 9.23 Å². The van der Waals surface area contributed by atoms with E-state index in [9.17, 15) is 8.78 Å². The SMILES string of the molecule is CCC/C=C(\CCC)CC(=C(F)F)c1ccc(OC)cc1. The quantitative estimate of drug-likeness (QED) is 0.517. The van der Waals surface area contributed by atoms with Crippen LogP contribution >= 0.6 is 0 Å². The van der Waals surface area contributed by atoms with Crippen molar-refractivity contribution >= 4 is 5.57 Å². The maximum atomic E-state index is 13.3. The molecule has 0 saturated heterocycles. The Morgan fingerprint density at radius 2 is 1.76 bits per heavy atom. The molecule has 0 unspecified atom stereocenters. The van der Waals surface area contributed by atoms with Gasteiger partial charge in [0, 0.05) is 5.57 Å². The molecule has 0 aliphatic carbocycles. The third kappa shape index (κ3) is 5.70. The summed E-state index contributed by atoms with van der Waals surface area (Å²) in [6.07, 6.45) is 4.65. The molecule has 0 bridgehead atoms. The van der Waals surface area contributed by atoms with E-state index in [-0.39, 0.29) is 5.57 Å². The Hall–Kier alpha value is -1.64. The first-order valence-electron chi connectivity index (χ1n) is 7.48. The summed E-state index contributed by atoms with van der Waals surface area (Å²) in [4.78, 5) is 0. The summed E-state index contributed by atoms with van der Waals surface area (Å²) in [5.74, 6) is 0.674. The van der Waals surface area contributed by atoms with E-state index in [1.165, 1.54) is 0 Å². The summed E-state index contributed by atoms with van der Waals surface area (Å²) in [5, 5.41) is 0. The zero-order chi connectivity index (χ0) is 15.7. The first-order chi connectivity index (χ1) is 10.1. The van der Waals surface area contributed by atoms with Crippen LogP contribution in [0.15, 0.2) is 42.0 Å². The van der Waals surface area contributed by atoms with Gasteiger partial charge in [-0.15, -0.1) is 0 Å². The van der Waals surface area contributed by atoms with Gasteiger partial charge in [0.15, 0.2) is 0 Å². The van der Waals surface area contributed by atoms with Crippen LogP contribution in [0.3, 0.4) is 0 Å². The van der Waals surface area contributed by atoms with Crippen LogP contribution in [-0.4, -0.2) is 7.11 Å². The molecule has 0 aliphatic heterocycles. The van der Waals surface area contributed by atoms with Crippen LogP contribution in [-0.2, 0) is 0 Å². The smallest absolute Gasteiger partial charge is 0.274 e. The highest BCUT2D eigenvalue weighted by Gasteiger charge is 2.12. The molecule has 0 radical (unpaired) electrons. The van der Waals surface area contributed by atoms with Crippen molar-refractivity contribution in [2.45, 2.75) is 46.0 Å². The minimum Gasteiger partial charge on any atom is -0.497 e. The zero-order valence-corrected chi connectivity index (χ0v) is 13.1. The van der Waals surface area contributed by atoms with E-state index in [2.05, 4.69) is 19.9 Å². The summed E-state index contributed by atoms with van der Waals surface area (Å²) >= 11 is 0. The summed E-state index contributed by atoms with van der Waals surface area (Å²) in [5.41, 5.74) is 1.78. The summed E-state index contributed by atoms with van der Waals surface area (Å²) in [7, 11) is 1.56. The maximum absolute atomic E-state index is 13.3. The molecule has 0 aromatic heterocycles. The molecule has 0 aliphatic rings. The van der Waals surface area contributed by atoms with Crippen LogP contribution in [0.2, 0.25) is 0 Å². The number of rotatable bonds is 8. The Bertz CT molecular complexity index is 482. The van der Waals surface area contributed by atoms with Gasteiger partial charge in [-0.3, -0.25) is 0 Å². The van der Waals surface area contributed by atoms with Gasteiger partial charge in [0.1, 0.15) is 5.75 Å². The van der Waals surface area contributed by atoms with E-state index in [0.29, 0.717) is 17.7 Å². The molecule has 0 heterocycles. The highest BCUT2D eigenvalue weighted by molar-refractivity contribution is 5.68. The molecule has 1 nitrogen and oxygen atoms in total. The molecule has 1 aromatic rings. The van der Waals surface area contributed by atoms with Crippen molar-refractivity contribution in [2.24, 2.45) is 0 Å². The number of allylic oxidation sites excluding steroid dienone is 3. The Kier molecular flexibility index (Phi) is 7.73. The van der Waals surface area contributed by atoms with Gasteiger partial charge in [-0.2, -0.15) is 8.78 Å². The summed E-state index contributed by atoms with van der Waals surface area (Å²) < 4.78 is 31.7. The lowest BCUT2D eigenvalue weighted by Gasteiger charge is -2.11. The van der Waals surface area contributed by atoms with Gasteiger partial charge in [0.25, 0.3) is 6.08 Å². The van der Waals surface area contributed by atoms with Crippen molar-refractivity contribution in [2.75, 3.05) is 7.11 Å². The van der Waals surface area contributed by atoms with E-state index in [0.717, 1.165) is 31.3 Å². The summed E-state index contributed by atoms with van der Waals surface area (Å²) in [6, 6.07) is 6.81. The number of ether oxygens (including phenoxy) is 1. The van der Waals surface area contributed by atoms with Crippen molar-refractivity contribution in [3.05, 3.63) is 47.6 Å². The Balaban J connectivity index is 2.98. The van der Waals surface area contributed by atoms with E-state index < -0.39 is 6.08 Å². The van der Waals surface area contributed by atoms with Gasteiger partial charge in [0.05, 0.1) is 7.11 Å². The van der Waals surface area contributed by atoms with Crippen molar-refractivity contribution in [1.29, 1.82) is 0 Å². The minimum absolute atomic E-state index is 0.119. The predicted molar refractivity (Wildman–Crippen MR) is 84.6 cm³/mol. The lowest BCUT2D eigenvalue weighted by molar-refractivity contribution is 0.414. The average Bonchev–Trinajstić information content (AvgIpc) is 2.50. The van der Waals surface area contributed by atoms with E-state index in [1.807, 2.05) is 0 Å². The molecule has 0 amide bonds. The van der Waals surface area contributed by atoms with E-state index in [1.54, 1.807) is 31.4 Å². The number of halogens is 2. The number of hydrogen-bond donors (Lipinski definition) is 0. The maximum Gasteiger partial charge on any atom is 0.274 e. The number of hydrogen-bond acceptors (Lipinski definition) is 1. The van der Waals surface area contributed by atoms with Gasteiger partial charge in [0.2, 0.25) is 0 Å². The summed E-state index contributed by atoms with van der Waals surface area (Å²) in [6.45, 7) is 4.17. The molecule has 1 aromatic carbocycles. The second-order valence-corrected chi connectivity index (χ2v) is 5.05. The monoisotopic (exact) mass is 294 g/mol. The lowest BCUT2D eigenvalue weighted by atomic mass is 9.95. The molecule has 0 saturated carbocycles. The standard InChI is InChI=1S/C18H24F2O/c1-4-6-8-14(7-5-2)13-17(18(19)20)15-9-11-16(21-3)12-10-15/h8-12H,4-7,13H2,1-3H3/b14-8+. The number of benzene rings is 1. The van der Waals surface area contributed by atoms with Crippen molar-refractivity contribution in [3.8, 4) is 5.75 Å². The highest BCUT2D eigenvalue weighted by atomic mass is 19.3. The van der Waals surface area contributed by atoms with Crippen LogP contribution in [0.1, 0.15) is 51.5 Å². The van der Waals surface area contributed by atoms with Crippen LogP contribution in [0, 0.1) is 0 Å². The third-order valence-corrected chi connectivity index (χ3v) is 3.36. The van der Waals surface area contributed by atoms with E-state index >= 15 is 0 Å². The second-order valence-electron chi connectivity index (χ2n) is 5.05. The molecule has 21 heavy (non-hydrogen) atoms. The van der Waals surface area contributed by atoms with Gasteiger partial charge in [-0.25, -0.2) is 0 Å². The lowest BCUT2D eigenvalue weighted by Crippen LogP contribution is -1.92. The largest absolute Gasteiger partial charge is 0.497 e. The molecular weight excluding hydrogens is 270 g/mol. The molecule has 0 atom stereocenters. The molecule has 3 heteroatoms. The minimum atomic E-state index is -1.60. The van der Waals surface area contributed by atoms with Crippen LogP contribution in [0.25, 0.3) is 5.57 Å². The van der Waals surface area contributed by atoms with Gasteiger partial charge in [-0.05, 0) is 37.0 Å². The predicted octanol–water partition coefficient (Wildman–Crippen LogP) is 6.22. The fraction of sp³-hybridized carbons (Fsp3) is 0.444. The van der Waals surface area contributed by atoms with Crippen LogP contribution in [0.5, 0.6) is 5.75 Å². The van der Waals surface area contributed by atoms with Gasteiger partial charge < -0.3 is 4.74 Å². The fourth-order valence-electron chi connectivity index (χ4n) is 2.23.